The highest BCUT2D eigenvalue weighted by molar-refractivity contribution is 6.33. The molecule has 1 aromatic heterocycles. The van der Waals surface area contributed by atoms with Gasteiger partial charge in [0.2, 0.25) is 6.41 Å². The fraction of sp³-hybridized carbons (Fsp3) is 0.406. The minimum Gasteiger partial charge on any atom is -0.438 e. The van der Waals surface area contributed by atoms with Gasteiger partial charge in [-0.1, -0.05) is 29.8 Å². The van der Waals surface area contributed by atoms with Gasteiger partial charge in [-0.05, 0) is 35.9 Å². The standard InChI is InChI=1S/C32H34ClF3N6O5/c33-24-18-20(17-23(27(24)37)32(34,35)36)19-26(28(43)41-15-13-40(14-16-41)21-5-9-38-10-6-21)46-30(45)42-11-7-31(8-12-42)22-3-1-2-4-25(22)39-29(44)47-31/h1-6,9-10,17-18,26,30,45H,7-8,11-16,19,37H2,(H,39,44)/t26-,30?/m1/s1. The number of ether oxygens (including phenoxy) is 2. The van der Waals surface area contributed by atoms with Gasteiger partial charge in [0.25, 0.3) is 5.91 Å². The van der Waals surface area contributed by atoms with Crippen LogP contribution >= 0.6 is 11.6 Å². The third-order valence-corrected chi connectivity index (χ3v) is 9.27. The second kappa shape index (κ2) is 13.2. The lowest BCUT2D eigenvalue weighted by Crippen LogP contribution is -2.55. The summed E-state index contributed by atoms with van der Waals surface area (Å²) in [6.45, 7) is 2.19. The number of hydrogen-bond donors (Lipinski definition) is 3. The number of anilines is 3. The molecular formula is C32H34ClF3N6O5. The SMILES string of the molecule is Nc1c(Cl)cc(C[C@@H](OC(O)N2CCC3(CC2)OC(=O)Nc2ccccc23)C(=O)N2CCN(c3ccncc3)CC2)cc1C(F)(F)F. The number of nitrogens with two attached hydrogens (primary N) is 1. The fourth-order valence-corrected chi connectivity index (χ4v) is 6.69. The third-order valence-electron chi connectivity index (χ3n) is 8.96. The van der Waals surface area contributed by atoms with Crippen LogP contribution in [0.3, 0.4) is 0 Å². The normalized spacial score (nSPS) is 19.5. The molecule has 6 rings (SSSR count). The average Bonchev–Trinajstić information content (AvgIpc) is 3.06. The molecule has 0 bridgehead atoms. The molecule has 0 aliphatic carbocycles. The number of amides is 2. The monoisotopic (exact) mass is 674 g/mol. The summed E-state index contributed by atoms with van der Waals surface area (Å²) >= 11 is 6.09. The number of halogens is 4. The Kier molecular flexibility index (Phi) is 9.20. The van der Waals surface area contributed by atoms with E-state index in [2.05, 4.69) is 15.2 Å². The Balaban J connectivity index is 1.19. The molecule has 4 N–H and O–H groups in total. The Labute approximate surface area is 274 Å². The smallest absolute Gasteiger partial charge is 0.418 e. The fourth-order valence-electron chi connectivity index (χ4n) is 6.45. The van der Waals surface area contributed by atoms with Gasteiger partial charge in [0.05, 0.1) is 22.0 Å². The molecule has 15 heteroatoms. The van der Waals surface area contributed by atoms with Crippen molar-refractivity contribution in [3.8, 4) is 0 Å². The van der Waals surface area contributed by atoms with Gasteiger partial charge in [0.15, 0.2) is 0 Å². The summed E-state index contributed by atoms with van der Waals surface area (Å²) in [4.78, 5) is 35.6. The molecule has 2 saturated heterocycles. The van der Waals surface area contributed by atoms with Crippen molar-refractivity contribution in [2.75, 3.05) is 55.2 Å². The first-order valence-corrected chi connectivity index (χ1v) is 15.6. The molecule has 4 heterocycles. The zero-order valence-corrected chi connectivity index (χ0v) is 26.0. The van der Waals surface area contributed by atoms with Crippen LogP contribution in [-0.2, 0) is 32.5 Å². The lowest BCUT2D eigenvalue weighted by molar-refractivity contribution is -0.231. The van der Waals surface area contributed by atoms with Crippen molar-refractivity contribution < 1.29 is 37.3 Å². The minimum atomic E-state index is -4.77. The number of piperazine rings is 1. The lowest BCUT2D eigenvalue weighted by atomic mass is 9.82. The van der Waals surface area contributed by atoms with Crippen molar-refractivity contribution in [1.82, 2.24) is 14.8 Å². The zero-order chi connectivity index (χ0) is 33.3. The summed E-state index contributed by atoms with van der Waals surface area (Å²) in [7, 11) is 0. The second-order valence-corrected chi connectivity index (χ2v) is 12.2. The van der Waals surface area contributed by atoms with E-state index >= 15 is 0 Å². The summed E-state index contributed by atoms with van der Waals surface area (Å²) in [5, 5.41) is 13.7. The number of fused-ring (bicyclic) bond motifs is 2. The number of piperidine rings is 1. The number of nitrogens with zero attached hydrogens (tertiary/aromatic N) is 4. The molecule has 11 nitrogen and oxygen atoms in total. The maximum Gasteiger partial charge on any atom is 0.418 e. The molecule has 2 atom stereocenters. The Hall–Kier alpha value is -4.11. The van der Waals surface area contributed by atoms with E-state index in [1.54, 1.807) is 28.3 Å². The highest BCUT2D eigenvalue weighted by atomic mass is 35.5. The van der Waals surface area contributed by atoms with Crippen LogP contribution in [0.5, 0.6) is 0 Å². The largest absolute Gasteiger partial charge is 0.438 e. The topological polar surface area (TPSA) is 133 Å². The van der Waals surface area contributed by atoms with E-state index in [1.807, 2.05) is 30.3 Å². The van der Waals surface area contributed by atoms with Crippen molar-refractivity contribution in [1.29, 1.82) is 0 Å². The van der Waals surface area contributed by atoms with E-state index < -0.39 is 47.5 Å². The van der Waals surface area contributed by atoms with Crippen molar-refractivity contribution >= 4 is 40.7 Å². The van der Waals surface area contributed by atoms with Gasteiger partial charge in [0.1, 0.15) is 11.7 Å². The number of likely N-dealkylation sites (tertiary alicyclic amines) is 1. The van der Waals surface area contributed by atoms with Crippen LogP contribution in [-0.4, -0.2) is 83.7 Å². The van der Waals surface area contributed by atoms with Crippen molar-refractivity contribution in [2.24, 2.45) is 0 Å². The van der Waals surface area contributed by atoms with E-state index in [0.29, 0.717) is 44.7 Å². The summed E-state index contributed by atoms with van der Waals surface area (Å²) < 4.78 is 53.0. The van der Waals surface area contributed by atoms with Gasteiger partial charge < -0.3 is 30.1 Å². The number of hydrogen-bond acceptors (Lipinski definition) is 9. The molecule has 2 fully saturated rings. The number of carbonyl (C=O) groups excluding carboxylic acids is 2. The zero-order valence-electron chi connectivity index (χ0n) is 25.3. The predicted molar refractivity (Wildman–Crippen MR) is 168 cm³/mol. The number of benzene rings is 2. The quantitative estimate of drug-likeness (QED) is 0.246. The summed E-state index contributed by atoms with van der Waals surface area (Å²) in [6, 6.07) is 13.2. The van der Waals surface area contributed by atoms with Gasteiger partial charge in [-0.3, -0.25) is 20.0 Å². The van der Waals surface area contributed by atoms with E-state index in [4.69, 9.17) is 26.8 Å². The number of nitrogens with one attached hydrogen (secondary N) is 1. The highest BCUT2D eigenvalue weighted by Gasteiger charge is 2.46. The Morgan fingerprint density at radius 2 is 1.77 bits per heavy atom. The summed E-state index contributed by atoms with van der Waals surface area (Å²) in [6.07, 6.45) is -4.49. The first-order valence-electron chi connectivity index (χ1n) is 15.2. The maximum atomic E-state index is 13.9. The molecule has 2 aromatic carbocycles. The van der Waals surface area contributed by atoms with Crippen molar-refractivity contribution in [2.45, 2.75) is 43.6 Å². The van der Waals surface area contributed by atoms with Gasteiger partial charge >= 0.3 is 12.3 Å². The van der Waals surface area contributed by atoms with Crippen LogP contribution < -0.4 is 16.0 Å². The molecule has 0 radical (unpaired) electrons. The van der Waals surface area contributed by atoms with E-state index in [9.17, 15) is 27.9 Å². The molecule has 250 valence electrons. The van der Waals surface area contributed by atoms with Crippen LogP contribution in [0.25, 0.3) is 0 Å². The molecule has 1 unspecified atom stereocenters. The average molecular weight is 675 g/mol. The van der Waals surface area contributed by atoms with Crippen LogP contribution in [0.4, 0.5) is 35.0 Å². The van der Waals surface area contributed by atoms with E-state index in [0.717, 1.165) is 17.3 Å². The van der Waals surface area contributed by atoms with Gasteiger partial charge in [-0.25, -0.2) is 4.79 Å². The molecule has 47 heavy (non-hydrogen) atoms. The van der Waals surface area contributed by atoms with Gasteiger partial charge in [-0.15, -0.1) is 0 Å². The number of carbonyl (C=O) groups is 2. The number of nitrogen functional groups attached to an aromatic ring is 1. The summed E-state index contributed by atoms with van der Waals surface area (Å²) in [5.74, 6) is -0.477. The highest BCUT2D eigenvalue weighted by Crippen LogP contribution is 2.44. The predicted octanol–water partition coefficient (Wildman–Crippen LogP) is 4.44. The first kappa shape index (κ1) is 32.8. The number of alkyl halides is 3. The number of aliphatic hydroxyl groups excluding tert-OH is 1. The minimum absolute atomic E-state index is 0.0771. The summed E-state index contributed by atoms with van der Waals surface area (Å²) in [5.41, 5.74) is 5.53. The van der Waals surface area contributed by atoms with Crippen molar-refractivity contribution in [3.63, 3.8) is 0 Å². The number of para-hydroxylation sites is 1. The molecule has 0 saturated carbocycles. The van der Waals surface area contributed by atoms with Crippen LogP contribution in [0.2, 0.25) is 5.02 Å². The number of pyridine rings is 1. The van der Waals surface area contributed by atoms with E-state index in [-0.39, 0.29) is 30.1 Å². The Morgan fingerprint density at radius 3 is 2.45 bits per heavy atom. The van der Waals surface area contributed by atoms with Crippen molar-refractivity contribution in [3.05, 3.63) is 82.6 Å². The van der Waals surface area contributed by atoms with Gasteiger partial charge in [0, 0.05) is 82.2 Å². The van der Waals surface area contributed by atoms with Gasteiger partial charge in [-0.2, -0.15) is 13.2 Å². The van der Waals surface area contributed by atoms with Crippen LogP contribution in [0.1, 0.15) is 29.5 Å². The Bertz CT molecular complexity index is 1610. The van der Waals surface area contributed by atoms with Crippen LogP contribution in [0, 0.1) is 0 Å². The molecular weight excluding hydrogens is 641 g/mol. The molecule has 2 amide bonds. The Morgan fingerprint density at radius 1 is 1.09 bits per heavy atom. The molecule has 3 aliphatic heterocycles. The second-order valence-electron chi connectivity index (χ2n) is 11.8. The molecule has 3 aromatic rings. The lowest BCUT2D eigenvalue weighted by Gasteiger charge is -2.45. The number of aliphatic hydroxyl groups is 1. The number of rotatable bonds is 7. The number of aromatic nitrogens is 1. The molecule has 3 aliphatic rings. The first-order chi connectivity index (χ1) is 22.4. The van der Waals surface area contributed by atoms with Crippen LogP contribution in [0.15, 0.2) is 60.9 Å². The maximum absolute atomic E-state index is 13.9. The third kappa shape index (κ3) is 6.96. The molecule has 1 spiro atoms. The van der Waals surface area contributed by atoms with E-state index in [1.165, 1.54) is 6.07 Å².